The number of methoxy groups -OCH3 is 2. The summed E-state index contributed by atoms with van der Waals surface area (Å²) in [5.74, 6) is -1.70. The Balaban J connectivity index is 1.77. The zero-order chi connectivity index (χ0) is 27.2. The Bertz CT molecular complexity index is 1500. The van der Waals surface area contributed by atoms with Crippen LogP contribution < -0.4 is 4.74 Å². The molecule has 0 unspecified atom stereocenters. The minimum atomic E-state index is -0.779. The molecule has 0 bridgehead atoms. The number of carbonyl (C=O) groups excluding carboxylic acids is 3. The molecule has 0 N–H and O–H groups in total. The lowest BCUT2D eigenvalue weighted by Gasteiger charge is -2.09. The molecular weight excluding hydrogens is 514 g/mol. The number of pyridine rings is 1. The second-order valence-electron chi connectivity index (χ2n) is 7.65. The van der Waals surface area contributed by atoms with E-state index in [1.165, 1.54) is 43.3 Å². The van der Waals surface area contributed by atoms with Crippen LogP contribution in [-0.2, 0) is 14.2 Å². The molecule has 0 spiro atoms. The number of nitrogens with zero attached hydrogens (tertiary/aromatic N) is 3. The third kappa shape index (κ3) is 5.35. The monoisotopic (exact) mass is 535 g/mol. The van der Waals surface area contributed by atoms with Gasteiger partial charge in [-0.15, -0.1) is 0 Å². The van der Waals surface area contributed by atoms with Crippen LogP contribution in [0.2, 0.25) is 5.02 Å². The number of para-hydroxylation sites is 1. The Kier molecular flexibility index (Phi) is 8.03. The minimum absolute atomic E-state index is 0.0863. The van der Waals surface area contributed by atoms with Crippen molar-refractivity contribution in [3.63, 3.8) is 0 Å². The molecule has 2 aromatic carbocycles. The molecule has 194 valence electrons. The van der Waals surface area contributed by atoms with E-state index in [0.717, 1.165) is 0 Å². The van der Waals surface area contributed by atoms with Gasteiger partial charge < -0.3 is 18.9 Å². The van der Waals surface area contributed by atoms with Crippen molar-refractivity contribution in [2.24, 2.45) is 0 Å². The first-order chi connectivity index (χ1) is 18.4. The summed E-state index contributed by atoms with van der Waals surface area (Å²) in [6, 6.07) is 16.4. The quantitative estimate of drug-likeness (QED) is 0.223. The van der Waals surface area contributed by atoms with Crippen LogP contribution in [0.15, 0.2) is 66.9 Å². The third-order valence-electron chi connectivity index (χ3n) is 5.32. The maximum absolute atomic E-state index is 12.8. The number of hydrogen-bond acceptors (Lipinski definition) is 9. The number of rotatable bonds is 8. The molecule has 0 aliphatic rings. The molecular formula is C27H22ClN3O7. The van der Waals surface area contributed by atoms with E-state index in [9.17, 15) is 14.4 Å². The summed E-state index contributed by atoms with van der Waals surface area (Å²) in [6.45, 7) is 1.94. The largest absolute Gasteiger partial charge is 0.465 e. The molecule has 2 heterocycles. The Labute approximate surface area is 222 Å². The number of hydrogen-bond donors (Lipinski definition) is 0. The van der Waals surface area contributed by atoms with Crippen LogP contribution in [0.25, 0.3) is 16.9 Å². The maximum atomic E-state index is 12.8. The van der Waals surface area contributed by atoms with Crippen LogP contribution in [0.3, 0.4) is 0 Å². The summed E-state index contributed by atoms with van der Waals surface area (Å²) >= 11 is 6.51. The standard InChI is InChI=1S/C27H22ClN3O7/c1-4-37-25(32)17-12-13-29-21(15-17)38-20-11-10-16(14-19(20)28)23-22(26(33)35-2)24(27(34)36-3)31(30-23)18-8-6-5-7-9-18/h5-15H,4H2,1-3H3. The summed E-state index contributed by atoms with van der Waals surface area (Å²) < 4.78 is 22.0. The Morgan fingerprint density at radius 3 is 2.32 bits per heavy atom. The lowest BCUT2D eigenvalue weighted by atomic mass is 10.1. The first kappa shape index (κ1) is 26.4. The molecule has 4 aromatic rings. The van der Waals surface area contributed by atoms with E-state index in [1.54, 1.807) is 43.3 Å². The summed E-state index contributed by atoms with van der Waals surface area (Å²) in [5, 5.41) is 4.71. The van der Waals surface area contributed by atoms with Gasteiger partial charge in [0.05, 0.1) is 37.1 Å². The molecule has 0 radical (unpaired) electrons. The topological polar surface area (TPSA) is 119 Å². The van der Waals surface area contributed by atoms with Crippen molar-refractivity contribution in [1.29, 1.82) is 0 Å². The highest BCUT2D eigenvalue weighted by Gasteiger charge is 2.31. The van der Waals surface area contributed by atoms with Gasteiger partial charge in [0.2, 0.25) is 5.88 Å². The van der Waals surface area contributed by atoms with E-state index < -0.39 is 17.9 Å². The van der Waals surface area contributed by atoms with E-state index in [-0.39, 0.29) is 45.8 Å². The molecule has 0 amide bonds. The molecule has 0 atom stereocenters. The zero-order valence-corrected chi connectivity index (χ0v) is 21.4. The Morgan fingerprint density at radius 1 is 0.921 bits per heavy atom. The number of aromatic nitrogens is 3. The molecule has 0 saturated carbocycles. The van der Waals surface area contributed by atoms with Crippen LogP contribution in [0, 0.1) is 0 Å². The van der Waals surface area contributed by atoms with Gasteiger partial charge >= 0.3 is 17.9 Å². The average molecular weight is 536 g/mol. The fourth-order valence-corrected chi connectivity index (χ4v) is 3.83. The smallest absolute Gasteiger partial charge is 0.357 e. The van der Waals surface area contributed by atoms with Crippen molar-refractivity contribution in [3.8, 4) is 28.6 Å². The predicted octanol–water partition coefficient (Wildman–Crippen LogP) is 5.13. The Hall–Kier alpha value is -4.70. The first-order valence-electron chi connectivity index (χ1n) is 11.3. The molecule has 38 heavy (non-hydrogen) atoms. The molecule has 0 aliphatic heterocycles. The van der Waals surface area contributed by atoms with Gasteiger partial charge in [0, 0.05) is 17.8 Å². The van der Waals surface area contributed by atoms with E-state index in [0.29, 0.717) is 11.3 Å². The number of esters is 3. The van der Waals surface area contributed by atoms with E-state index in [1.807, 2.05) is 6.07 Å². The van der Waals surface area contributed by atoms with Gasteiger partial charge in [0.25, 0.3) is 0 Å². The van der Waals surface area contributed by atoms with E-state index in [2.05, 4.69) is 10.1 Å². The highest BCUT2D eigenvalue weighted by Crippen LogP contribution is 2.35. The predicted molar refractivity (Wildman–Crippen MR) is 137 cm³/mol. The normalized spacial score (nSPS) is 10.5. The number of ether oxygens (including phenoxy) is 4. The average Bonchev–Trinajstić information content (AvgIpc) is 3.35. The highest BCUT2D eigenvalue weighted by atomic mass is 35.5. The lowest BCUT2D eigenvalue weighted by Crippen LogP contribution is -2.15. The lowest BCUT2D eigenvalue weighted by molar-refractivity contribution is 0.0524. The molecule has 0 aliphatic carbocycles. The van der Waals surface area contributed by atoms with Crippen LogP contribution >= 0.6 is 11.6 Å². The Morgan fingerprint density at radius 2 is 1.66 bits per heavy atom. The van der Waals surface area contributed by atoms with Gasteiger partial charge in [-0.25, -0.2) is 24.0 Å². The van der Waals surface area contributed by atoms with Crippen LogP contribution in [-0.4, -0.2) is 53.5 Å². The van der Waals surface area contributed by atoms with Gasteiger partial charge in [-0.05, 0) is 43.3 Å². The number of halogens is 1. The summed E-state index contributed by atoms with van der Waals surface area (Å²) in [6.07, 6.45) is 1.41. The summed E-state index contributed by atoms with van der Waals surface area (Å²) in [5.41, 5.74) is 1.18. The van der Waals surface area contributed by atoms with Gasteiger partial charge in [-0.3, -0.25) is 0 Å². The van der Waals surface area contributed by atoms with Crippen molar-refractivity contribution in [2.75, 3.05) is 20.8 Å². The van der Waals surface area contributed by atoms with E-state index >= 15 is 0 Å². The fraction of sp³-hybridized carbons (Fsp3) is 0.148. The molecule has 2 aromatic heterocycles. The molecule has 0 saturated heterocycles. The van der Waals surface area contributed by atoms with Crippen molar-refractivity contribution in [2.45, 2.75) is 6.92 Å². The van der Waals surface area contributed by atoms with Gasteiger partial charge in [-0.1, -0.05) is 29.8 Å². The molecule has 10 nitrogen and oxygen atoms in total. The van der Waals surface area contributed by atoms with Crippen molar-refractivity contribution in [3.05, 3.63) is 88.7 Å². The van der Waals surface area contributed by atoms with E-state index in [4.69, 9.17) is 30.5 Å². The maximum Gasteiger partial charge on any atom is 0.357 e. The van der Waals surface area contributed by atoms with Crippen LogP contribution in [0.5, 0.6) is 11.6 Å². The highest BCUT2D eigenvalue weighted by molar-refractivity contribution is 6.32. The third-order valence-corrected chi connectivity index (χ3v) is 5.62. The van der Waals surface area contributed by atoms with Crippen LogP contribution in [0.4, 0.5) is 0 Å². The number of carbonyl (C=O) groups is 3. The molecule has 11 heteroatoms. The molecule has 0 fully saturated rings. The van der Waals surface area contributed by atoms with Crippen molar-refractivity contribution < 1.29 is 33.3 Å². The second-order valence-corrected chi connectivity index (χ2v) is 8.06. The summed E-state index contributed by atoms with van der Waals surface area (Å²) in [7, 11) is 2.41. The zero-order valence-electron chi connectivity index (χ0n) is 20.6. The SMILES string of the molecule is CCOC(=O)c1ccnc(Oc2ccc(-c3nn(-c4ccccc4)c(C(=O)OC)c3C(=O)OC)cc2Cl)c1. The van der Waals surface area contributed by atoms with Gasteiger partial charge in [0.1, 0.15) is 17.0 Å². The minimum Gasteiger partial charge on any atom is -0.465 e. The number of benzene rings is 2. The first-order valence-corrected chi connectivity index (χ1v) is 11.7. The van der Waals surface area contributed by atoms with Crippen molar-refractivity contribution >= 4 is 29.5 Å². The van der Waals surface area contributed by atoms with Gasteiger partial charge in [0.15, 0.2) is 5.69 Å². The fourth-order valence-electron chi connectivity index (χ4n) is 3.61. The molecule has 4 rings (SSSR count). The van der Waals surface area contributed by atoms with Crippen molar-refractivity contribution in [1.82, 2.24) is 14.8 Å². The second kappa shape index (κ2) is 11.6. The summed E-state index contributed by atoms with van der Waals surface area (Å²) in [4.78, 5) is 41.7. The van der Waals surface area contributed by atoms with Gasteiger partial charge in [-0.2, -0.15) is 5.10 Å². The van der Waals surface area contributed by atoms with Crippen LogP contribution in [0.1, 0.15) is 38.1 Å².